The molecule has 0 fully saturated rings. The number of hydrogen-bond acceptors (Lipinski definition) is 5. The highest BCUT2D eigenvalue weighted by molar-refractivity contribution is 7.99. The van der Waals surface area contributed by atoms with Crippen molar-refractivity contribution in [3.05, 3.63) is 16.6 Å². The number of thioether (sulfide) groups is 1. The third-order valence-corrected chi connectivity index (χ3v) is 4.01. The van der Waals surface area contributed by atoms with Crippen LogP contribution in [0.3, 0.4) is 0 Å². The van der Waals surface area contributed by atoms with E-state index in [1.165, 1.54) is 0 Å². The molecule has 1 aromatic heterocycles. The van der Waals surface area contributed by atoms with Crippen molar-refractivity contribution in [2.75, 3.05) is 12.4 Å². The molecule has 1 unspecified atom stereocenters. The summed E-state index contributed by atoms with van der Waals surface area (Å²) in [7, 11) is 0. The molecule has 0 aliphatic heterocycles. The maximum atomic E-state index is 11.8. The highest BCUT2D eigenvalue weighted by Crippen LogP contribution is 2.20. The Morgan fingerprint density at radius 1 is 1.58 bits per heavy atom. The van der Waals surface area contributed by atoms with Crippen molar-refractivity contribution < 1.29 is 9.90 Å². The molecular formula is C13H22N2O2S2. The van der Waals surface area contributed by atoms with E-state index in [1.807, 2.05) is 5.38 Å². The molecule has 1 amide bonds. The fourth-order valence-electron chi connectivity index (χ4n) is 1.73. The largest absolute Gasteiger partial charge is 0.394 e. The first-order valence-electron chi connectivity index (χ1n) is 6.26. The number of aromatic nitrogens is 1. The second-order valence-corrected chi connectivity index (χ2v) is 7.39. The lowest BCUT2D eigenvalue weighted by Gasteiger charge is -2.25. The van der Waals surface area contributed by atoms with E-state index in [4.69, 9.17) is 0 Å². The van der Waals surface area contributed by atoms with Crippen molar-refractivity contribution in [3.63, 3.8) is 0 Å². The van der Waals surface area contributed by atoms with Crippen LogP contribution in [-0.2, 0) is 10.5 Å². The lowest BCUT2D eigenvalue weighted by Crippen LogP contribution is -2.40. The zero-order valence-corrected chi connectivity index (χ0v) is 13.3. The van der Waals surface area contributed by atoms with E-state index in [0.29, 0.717) is 5.75 Å². The number of rotatable bonds is 7. The highest BCUT2D eigenvalue weighted by Gasteiger charge is 2.19. The topological polar surface area (TPSA) is 62.2 Å². The number of nitrogens with zero attached hydrogens (tertiary/aromatic N) is 1. The summed E-state index contributed by atoms with van der Waals surface area (Å²) in [6, 6.07) is -0.160. The van der Waals surface area contributed by atoms with Gasteiger partial charge >= 0.3 is 0 Å². The minimum atomic E-state index is -0.160. The molecule has 1 aromatic rings. The number of carbonyl (C=O) groups excluding carboxylic acids is 1. The van der Waals surface area contributed by atoms with Gasteiger partial charge in [0.25, 0.3) is 0 Å². The van der Waals surface area contributed by atoms with Crippen LogP contribution in [0.15, 0.2) is 10.9 Å². The van der Waals surface area contributed by atoms with Crippen LogP contribution in [0.25, 0.3) is 0 Å². The molecule has 0 bridgehead atoms. The van der Waals surface area contributed by atoms with Crippen LogP contribution in [0.4, 0.5) is 0 Å². The molecule has 1 atom stereocenters. The SMILES string of the molecule is CC(C)(C)CC(CO)NC(=O)CSCc1cscn1. The number of nitrogens with one attached hydrogen (secondary N) is 1. The number of carbonyl (C=O) groups is 1. The third-order valence-electron chi connectivity index (χ3n) is 2.41. The van der Waals surface area contributed by atoms with Gasteiger partial charge in [0.15, 0.2) is 0 Å². The van der Waals surface area contributed by atoms with Crippen LogP contribution in [0.1, 0.15) is 32.9 Å². The molecular weight excluding hydrogens is 280 g/mol. The van der Waals surface area contributed by atoms with E-state index in [-0.39, 0.29) is 24.0 Å². The van der Waals surface area contributed by atoms with Gasteiger partial charge in [0.2, 0.25) is 5.91 Å². The fraction of sp³-hybridized carbons (Fsp3) is 0.692. The number of hydrogen-bond donors (Lipinski definition) is 2. The summed E-state index contributed by atoms with van der Waals surface area (Å²) in [4.78, 5) is 15.9. The van der Waals surface area contributed by atoms with Crippen LogP contribution in [0.5, 0.6) is 0 Å². The lowest BCUT2D eigenvalue weighted by atomic mass is 9.88. The van der Waals surface area contributed by atoms with E-state index < -0.39 is 0 Å². The third kappa shape index (κ3) is 7.54. The molecule has 4 nitrogen and oxygen atoms in total. The molecule has 19 heavy (non-hydrogen) atoms. The van der Waals surface area contributed by atoms with Gasteiger partial charge in [-0.3, -0.25) is 4.79 Å². The molecule has 0 radical (unpaired) electrons. The Hall–Kier alpha value is -0.590. The second-order valence-electron chi connectivity index (χ2n) is 5.68. The molecule has 0 saturated heterocycles. The van der Waals surface area contributed by atoms with Crippen molar-refractivity contribution in [2.24, 2.45) is 5.41 Å². The zero-order valence-electron chi connectivity index (χ0n) is 11.7. The molecule has 1 rings (SSSR count). The quantitative estimate of drug-likeness (QED) is 0.811. The van der Waals surface area contributed by atoms with Gasteiger partial charge < -0.3 is 10.4 Å². The first kappa shape index (κ1) is 16.5. The Kier molecular flexibility index (Phi) is 6.82. The van der Waals surface area contributed by atoms with Crippen molar-refractivity contribution in [1.82, 2.24) is 10.3 Å². The van der Waals surface area contributed by atoms with Gasteiger partial charge in [-0.05, 0) is 11.8 Å². The Balaban J connectivity index is 2.25. The summed E-state index contributed by atoms with van der Waals surface area (Å²) < 4.78 is 0. The van der Waals surface area contributed by atoms with Gasteiger partial charge in [0.1, 0.15) is 0 Å². The summed E-state index contributed by atoms with van der Waals surface area (Å²) >= 11 is 3.10. The zero-order chi connectivity index (χ0) is 14.3. The van der Waals surface area contributed by atoms with Crippen LogP contribution < -0.4 is 5.32 Å². The number of aliphatic hydroxyl groups is 1. The Bertz CT molecular complexity index is 374. The monoisotopic (exact) mass is 302 g/mol. The minimum absolute atomic E-state index is 0.0141. The van der Waals surface area contributed by atoms with Gasteiger partial charge in [-0.2, -0.15) is 0 Å². The summed E-state index contributed by atoms with van der Waals surface area (Å²) in [5.41, 5.74) is 2.89. The van der Waals surface area contributed by atoms with E-state index in [1.54, 1.807) is 28.6 Å². The fourth-order valence-corrected chi connectivity index (χ4v) is 3.13. The van der Waals surface area contributed by atoms with Gasteiger partial charge in [-0.25, -0.2) is 4.98 Å². The smallest absolute Gasteiger partial charge is 0.230 e. The number of thiazole rings is 1. The van der Waals surface area contributed by atoms with E-state index in [9.17, 15) is 9.90 Å². The Morgan fingerprint density at radius 3 is 2.84 bits per heavy atom. The Morgan fingerprint density at radius 2 is 2.32 bits per heavy atom. The van der Waals surface area contributed by atoms with E-state index >= 15 is 0 Å². The normalized spacial score (nSPS) is 13.3. The van der Waals surface area contributed by atoms with Gasteiger partial charge in [0, 0.05) is 11.1 Å². The molecule has 0 saturated carbocycles. The van der Waals surface area contributed by atoms with Crippen LogP contribution in [0.2, 0.25) is 0 Å². The standard InChI is InChI=1S/C13H22N2O2S2/c1-13(2,3)4-10(5-16)15-12(17)8-18-6-11-7-19-9-14-11/h7,9-10,16H,4-6,8H2,1-3H3,(H,15,17). The lowest BCUT2D eigenvalue weighted by molar-refractivity contribution is -0.119. The molecule has 2 N–H and O–H groups in total. The maximum absolute atomic E-state index is 11.8. The van der Waals surface area contributed by atoms with Crippen LogP contribution in [0, 0.1) is 5.41 Å². The summed E-state index contributed by atoms with van der Waals surface area (Å²) in [6.45, 7) is 6.27. The Labute approximate surface area is 123 Å². The molecule has 0 aliphatic rings. The van der Waals surface area contributed by atoms with Gasteiger partial charge in [-0.1, -0.05) is 20.8 Å². The molecule has 0 aromatic carbocycles. The predicted molar refractivity (Wildman–Crippen MR) is 81.4 cm³/mol. The predicted octanol–water partition coefficient (Wildman–Crippen LogP) is 2.29. The number of amides is 1. The van der Waals surface area contributed by atoms with Gasteiger partial charge in [0.05, 0.1) is 29.6 Å². The van der Waals surface area contributed by atoms with Crippen LogP contribution >= 0.6 is 23.1 Å². The summed E-state index contributed by atoms with van der Waals surface area (Å²) in [5.74, 6) is 1.13. The summed E-state index contributed by atoms with van der Waals surface area (Å²) in [6.07, 6.45) is 0.770. The van der Waals surface area contributed by atoms with Crippen molar-refractivity contribution in [2.45, 2.75) is 39.0 Å². The molecule has 1 heterocycles. The average Bonchev–Trinajstić information content (AvgIpc) is 2.79. The second kappa shape index (κ2) is 7.87. The van der Waals surface area contributed by atoms with Crippen molar-refractivity contribution >= 4 is 29.0 Å². The van der Waals surface area contributed by atoms with Crippen molar-refractivity contribution in [1.29, 1.82) is 0 Å². The highest BCUT2D eigenvalue weighted by atomic mass is 32.2. The number of aliphatic hydroxyl groups excluding tert-OH is 1. The first-order valence-corrected chi connectivity index (χ1v) is 8.35. The molecule has 0 spiro atoms. The molecule has 0 aliphatic carbocycles. The minimum Gasteiger partial charge on any atom is -0.394 e. The molecule has 6 heteroatoms. The van der Waals surface area contributed by atoms with Crippen LogP contribution in [-0.4, -0.2) is 34.4 Å². The maximum Gasteiger partial charge on any atom is 0.230 e. The van der Waals surface area contributed by atoms with E-state index in [0.717, 1.165) is 17.9 Å². The van der Waals surface area contributed by atoms with E-state index in [2.05, 4.69) is 31.1 Å². The first-order chi connectivity index (χ1) is 8.90. The molecule has 108 valence electrons. The summed E-state index contributed by atoms with van der Waals surface area (Å²) in [5, 5.41) is 14.1. The van der Waals surface area contributed by atoms with Gasteiger partial charge in [-0.15, -0.1) is 23.1 Å². The van der Waals surface area contributed by atoms with Crippen molar-refractivity contribution in [3.8, 4) is 0 Å². The average molecular weight is 302 g/mol.